The fourth-order valence-corrected chi connectivity index (χ4v) is 4.51. The molecule has 0 radical (unpaired) electrons. The molecule has 0 aliphatic rings. The summed E-state index contributed by atoms with van der Waals surface area (Å²) in [5.74, 6) is 1.04. The molecule has 0 aliphatic heterocycles. The predicted molar refractivity (Wildman–Crippen MR) is 126 cm³/mol. The van der Waals surface area contributed by atoms with Gasteiger partial charge in [0.25, 0.3) is 0 Å². The van der Waals surface area contributed by atoms with Gasteiger partial charge in [-0.1, -0.05) is 84.9 Å². The quantitative estimate of drug-likeness (QED) is 0.431. The maximum absolute atomic E-state index is 2.47. The fourth-order valence-electron chi connectivity index (χ4n) is 4.51. The first-order valence-corrected chi connectivity index (χ1v) is 10.7. The maximum Gasteiger partial charge on any atom is -0.00967 e. The average molecular weight is 373 g/mol. The van der Waals surface area contributed by atoms with Crippen LogP contribution in [0.1, 0.15) is 88.1 Å². The van der Waals surface area contributed by atoms with Crippen LogP contribution in [0, 0.1) is 13.8 Å². The Bertz CT molecular complexity index is 1010. The second kappa shape index (κ2) is 7.39. The number of aryl methyl sites for hydroxylation is 2. The molecule has 0 amide bonds. The van der Waals surface area contributed by atoms with Crippen LogP contribution in [0.5, 0.6) is 0 Å². The first-order chi connectivity index (χ1) is 13.0. The van der Waals surface area contributed by atoms with Crippen molar-refractivity contribution in [1.29, 1.82) is 0 Å². The summed E-state index contributed by atoms with van der Waals surface area (Å²) in [6.07, 6.45) is 0. The Labute approximate surface area is 172 Å². The van der Waals surface area contributed by atoms with Crippen molar-refractivity contribution in [2.45, 2.75) is 79.6 Å². The second-order valence-electron chi connectivity index (χ2n) is 10.0. The van der Waals surface area contributed by atoms with Crippen LogP contribution in [0.2, 0.25) is 0 Å². The van der Waals surface area contributed by atoms with E-state index in [1.54, 1.807) is 0 Å². The summed E-state index contributed by atoms with van der Waals surface area (Å²) in [5, 5.41) is 2.75. The van der Waals surface area contributed by atoms with Crippen LogP contribution in [-0.4, -0.2) is 0 Å². The normalized spacial score (nSPS) is 12.4. The maximum atomic E-state index is 2.47. The van der Waals surface area contributed by atoms with Gasteiger partial charge in [-0.3, -0.25) is 0 Å². The van der Waals surface area contributed by atoms with E-state index in [9.17, 15) is 0 Å². The van der Waals surface area contributed by atoms with Gasteiger partial charge < -0.3 is 0 Å². The van der Waals surface area contributed by atoms with Crippen molar-refractivity contribution in [3.8, 4) is 11.1 Å². The zero-order valence-corrected chi connectivity index (χ0v) is 19.2. The third-order valence-corrected chi connectivity index (χ3v) is 6.07. The van der Waals surface area contributed by atoms with Crippen molar-refractivity contribution in [2.24, 2.45) is 0 Å². The largest absolute Gasteiger partial charge is 0.0616 e. The van der Waals surface area contributed by atoms with Crippen molar-refractivity contribution in [2.75, 3.05) is 0 Å². The first-order valence-electron chi connectivity index (χ1n) is 10.7. The molecule has 0 atom stereocenters. The molecule has 0 aromatic heterocycles. The van der Waals surface area contributed by atoms with Gasteiger partial charge in [0.05, 0.1) is 0 Å². The van der Waals surface area contributed by atoms with Gasteiger partial charge >= 0.3 is 0 Å². The Balaban J connectivity index is 2.47. The molecule has 148 valence electrons. The van der Waals surface area contributed by atoms with E-state index in [2.05, 4.69) is 105 Å². The van der Waals surface area contributed by atoms with Crippen molar-refractivity contribution in [3.05, 3.63) is 70.3 Å². The van der Waals surface area contributed by atoms with Gasteiger partial charge in [-0.15, -0.1) is 0 Å². The Kier molecular flexibility index (Phi) is 5.45. The van der Waals surface area contributed by atoms with E-state index in [-0.39, 0.29) is 5.41 Å². The summed E-state index contributed by atoms with van der Waals surface area (Å²) in [6.45, 7) is 20.8. The zero-order valence-electron chi connectivity index (χ0n) is 19.2. The topological polar surface area (TPSA) is 0 Å². The zero-order chi connectivity index (χ0) is 20.8. The molecule has 0 aliphatic carbocycles. The molecule has 0 N–H and O–H groups in total. The van der Waals surface area contributed by atoms with Crippen LogP contribution in [0.25, 0.3) is 21.9 Å². The van der Waals surface area contributed by atoms with Crippen molar-refractivity contribution >= 4 is 10.8 Å². The summed E-state index contributed by atoms with van der Waals surface area (Å²) in [5.41, 5.74) is 10.1. The summed E-state index contributed by atoms with van der Waals surface area (Å²) in [6, 6.07) is 16.3. The van der Waals surface area contributed by atoms with E-state index in [1.165, 1.54) is 49.7 Å². The highest BCUT2D eigenvalue weighted by Gasteiger charge is 2.23. The minimum Gasteiger partial charge on any atom is -0.0616 e. The molecule has 0 bridgehead atoms. The van der Waals surface area contributed by atoms with Gasteiger partial charge in [-0.05, 0) is 86.9 Å². The summed E-state index contributed by atoms with van der Waals surface area (Å²) in [7, 11) is 0. The lowest BCUT2D eigenvalue weighted by Crippen LogP contribution is -2.14. The Morgan fingerprint density at radius 1 is 0.750 bits per heavy atom. The average Bonchev–Trinajstić information content (AvgIpc) is 2.61. The Morgan fingerprint density at radius 3 is 1.89 bits per heavy atom. The SMILES string of the molecule is Cc1cc(C(C)C)cc(C(C)C)c1-c1cc(C(C)(C)C)c(C)c2ccccc12. The van der Waals surface area contributed by atoms with Crippen molar-refractivity contribution < 1.29 is 0 Å². The molecule has 0 saturated heterocycles. The highest BCUT2D eigenvalue weighted by molar-refractivity contribution is 6.01. The minimum absolute atomic E-state index is 0.118. The van der Waals surface area contributed by atoms with Crippen molar-refractivity contribution in [3.63, 3.8) is 0 Å². The van der Waals surface area contributed by atoms with Gasteiger partial charge in [0.1, 0.15) is 0 Å². The molecule has 3 aromatic carbocycles. The van der Waals surface area contributed by atoms with Crippen LogP contribution in [0.4, 0.5) is 0 Å². The molecular formula is C28H36. The third kappa shape index (κ3) is 3.62. The monoisotopic (exact) mass is 372 g/mol. The highest BCUT2D eigenvalue weighted by Crippen LogP contribution is 2.42. The van der Waals surface area contributed by atoms with Gasteiger partial charge in [0, 0.05) is 0 Å². The fraction of sp³-hybridized carbons (Fsp3) is 0.429. The minimum atomic E-state index is 0.118. The van der Waals surface area contributed by atoms with E-state index in [0.29, 0.717) is 11.8 Å². The molecular weight excluding hydrogens is 336 g/mol. The molecule has 0 nitrogen and oxygen atoms in total. The van der Waals surface area contributed by atoms with Gasteiger partial charge in [0.15, 0.2) is 0 Å². The summed E-state index contributed by atoms with van der Waals surface area (Å²) in [4.78, 5) is 0. The van der Waals surface area contributed by atoms with E-state index in [0.717, 1.165) is 0 Å². The van der Waals surface area contributed by atoms with Gasteiger partial charge in [-0.2, -0.15) is 0 Å². The lowest BCUT2D eigenvalue weighted by Gasteiger charge is -2.27. The summed E-state index contributed by atoms with van der Waals surface area (Å²) >= 11 is 0. The molecule has 3 aromatic rings. The van der Waals surface area contributed by atoms with Crippen molar-refractivity contribution in [1.82, 2.24) is 0 Å². The molecule has 0 fully saturated rings. The van der Waals surface area contributed by atoms with E-state index < -0.39 is 0 Å². The third-order valence-electron chi connectivity index (χ3n) is 6.07. The highest BCUT2D eigenvalue weighted by atomic mass is 14.3. The predicted octanol–water partition coefficient (Wildman–Crippen LogP) is 8.67. The van der Waals surface area contributed by atoms with Crippen LogP contribution in [-0.2, 0) is 5.41 Å². The van der Waals surface area contributed by atoms with E-state index >= 15 is 0 Å². The first kappa shape index (κ1) is 20.6. The molecule has 28 heavy (non-hydrogen) atoms. The Morgan fingerprint density at radius 2 is 1.36 bits per heavy atom. The molecule has 3 rings (SSSR count). The number of rotatable bonds is 3. The van der Waals surface area contributed by atoms with Crippen LogP contribution < -0.4 is 0 Å². The smallest absolute Gasteiger partial charge is 0.00967 e. The molecule has 0 saturated carbocycles. The number of hydrogen-bond acceptors (Lipinski definition) is 0. The Hall–Kier alpha value is -2.08. The molecule has 0 unspecified atom stereocenters. The lowest BCUT2D eigenvalue weighted by atomic mass is 9.77. The number of benzene rings is 3. The second-order valence-corrected chi connectivity index (χ2v) is 10.0. The van der Waals surface area contributed by atoms with Gasteiger partial charge in [0.2, 0.25) is 0 Å². The van der Waals surface area contributed by atoms with Gasteiger partial charge in [-0.25, -0.2) is 0 Å². The standard InChI is InChI=1S/C28H36/c1-17(2)21-14-19(5)27(24(15-21)18(3)4)25-16-26(28(7,8)9)20(6)22-12-10-11-13-23(22)25/h10-18H,1-9H3. The van der Waals surface area contributed by atoms with E-state index in [1.807, 2.05) is 0 Å². The van der Waals surface area contributed by atoms with Crippen LogP contribution in [0.3, 0.4) is 0 Å². The lowest BCUT2D eigenvalue weighted by molar-refractivity contribution is 0.587. The van der Waals surface area contributed by atoms with E-state index in [4.69, 9.17) is 0 Å². The van der Waals surface area contributed by atoms with Crippen LogP contribution >= 0.6 is 0 Å². The molecule has 0 spiro atoms. The molecule has 0 heterocycles. The molecule has 0 heteroatoms. The van der Waals surface area contributed by atoms with Crippen LogP contribution in [0.15, 0.2) is 42.5 Å². The number of hydrogen-bond donors (Lipinski definition) is 0. The summed E-state index contributed by atoms with van der Waals surface area (Å²) < 4.78 is 0. The number of fused-ring (bicyclic) bond motifs is 1.